The van der Waals surface area contributed by atoms with Crippen LogP contribution in [0, 0.1) is 0 Å². The average Bonchev–Trinajstić information content (AvgIpc) is 3.23. The zero-order chi connectivity index (χ0) is 20.9. The fourth-order valence-electron chi connectivity index (χ4n) is 3.24. The SMILES string of the molecule is C=CCN1C(=O)COc2ccc(-c3csc(NC(=O)CCc4ccccc4)n3)cc21. The lowest BCUT2D eigenvalue weighted by molar-refractivity contribution is -0.121. The summed E-state index contributed by atoms with van der Waals surface area (Å²) >= 11 is 1.37. The van der Waals surface area contributed by atoms with Crippen LogP contribution in [0.15, 0.2) is 66.6 Å². The molecule has 4 rings (SSSR count). The van der Waals surface area contributed by atoms with Crippen LogP contribution in [0.4, 0.5) is 10.8 Å². The first-order valence-electron chi connectivity index (χ1n) is 9.62. The summed E-state index contributed by atoms with van der Waals surface area (Å²) in [4.78, 5) is 30.6. The van der Waals surface area contributed by atoms with Gasteiger partial charge in [0.05, 0.1) is 11.4 Å². The van der Waals surface area contributed by atoms with Crippen molar-refractivity contribution >= 4 is 34.0 Å². The van der Waals surface area contributed by atoms with Gasteiger partial charge in [0.1, 0.15) is 5.75 Å². The maximum atomic E-state index is 12.3. The molecule has 1 N–H and O–H groups in total. The normalized spacial score (nSPS) is 12.8. The van der Waals surface area contributed by atoms with E-state index in [-0.39, 0.29) is 18.4 Å². The van der Waals surface area contributed by atoms with E-state index in [1.54, 1.807) is 11.0 Å². The van der Waals surface area contributed by atoms with Crippen LogP contribution >= 0.6 is 11.3 Å². The second kappa shape index (κ2) is 8.92. The number of aryl methyl sites for hydroxylation is 1. The number of aromatic nitrogens is 1. The molecule has 1 aromatic heterocycles. The lowest BCUT2D eigenvalue weighted by Crippen LogP contribution is -2.38. The number of nitrogens with zero attached hydrogens (tertiary/aromatic N) is 2. The number of anilines is 2. The summed E-state index contributed by atoms with van der Waals surface area (Å²) in [5.74, 6) is 0.482. The van der Waals surface area contributed by atoms with Gasteiger partial charge in [-0.05, 0) is 30.2 Å². The minimum absolute atomic E-state index is 0.0239. The molecule has 1 aliphatic heterocycles. The van der Waals surface area contributed by atoms with Crippen molar-refractivity contribution in [2.24, 2.45) is 0 Å². The Morgan fingerprint density at radius 3 is 2.90 bits per heavy atom. The van der Waals surface area contributed by atoms with Crippen LogP contribution in [0.2, 0.25) is 0 Å². The number of rotatable bonds is 7. The van der Waals surface area contributed by atoms with Crippen molar-refractivity contribution in [2.45, 2.75) is 12.8 Å². The summed E-state index contributed by atoms with van der Waals surface area (Å²) in [6.07, 6.45) is 2.77. The summed E-state index contributed by atoms with van der Waals surface area (Å²) in [5, 5.41) is 5.31. The zero-order valence-corrected chi connectivity index (χ0v) is 17.2. The number of hydrogen-bond donors (Lipinski definition) is 1. The van der Waals surface area contributed by atoms with Crippen LogP contribution in [0.5, 0.6) is 5.75 Å². The van der Waals surface area contributed by atoms with Crippen molar-refractivity contribution in [3.05, 3.63) is 72.1 Å². The summed E-state index contributed by atoms with van der Waals surface area (Å²) in [5.41, 5.74) is 3.41. The van der Waals surface area contributed by atoms with E-state index >= 15 is 0 Å². The van der Waals surface area contributed by atoms with E-state index in [1.807, 2.05) is 53.9 Å². The van der Waals surface area contributed by atoms with E-state index in [0.717, 1.165) is 16.8 Å². The molecule has 0 radical (unpaired) electrons. The van der Waals surface area contributed by atoms with Gasteiger partial charge in [-0.15, -0.1) is 17.9 Å². The molecule has 0 saturated carbocycles. The Morgan fingerprint density at radius 2 is 2.10 bits per heavy atom. The Morgan fingerprint density at radius 1 is 1.27 bits per heavy atom. The number of fused-ring (bicyclic) bond motifs is 1. The standard InChI is InChI=1S/C23H21N3O3S/c1-2-12-26-19-13-17(9-10-20(19)29-14-22(26)28)18-15-30-23(24-18)25-21(27)11-8-16-6-4-3-5-7-16/h2-7,9-10,13,15H,1,8,11-12,14H2,(H,24,25,27). The molecule has 30 heavy (non-hydrogen) atoms. The van der Waals surface area contributed by atoms with E-state index < -0.39 is 0 Å². The second-order valence-corrected chi connectivity index (χ2v) is 7.69. The lowest BCUT2D eigenvalue weighted by atomic mass is 10.1. The van der Waals surface area contributed by atoms with Crippen molar-refractivity contribution in [3.8, 4) is 17.0 Å². The van der Waals surface area contributed by atoms with Crippen molar-refractivity contribution in [2.75, 3.05) is 23.4 Å². The molecule has 0 unspecified atom stereocenters. The van der Waals surface area contributed by atoms with E-state index in [4.69, 9.17) is 4.74 Å². The van der Waals surface area contributed by atoms with E-state index in [2.05, 4.69) is 16.9 Å². The first-order valence-corrected chi connectivity index (χ1v) is 10.5. The van der Waals surface area contributed by atoms with Gasteiger partial charge in [0.2, 0.25) is 5.91 Å². The number of carbonyl (C=O) groups excluding carboxylic acids is 2. The van der Waals surface area contributed by atoms with Crippen molar-refractivity contribution in [1.29, 1.82) is 0 Å². The molecule has 7 heteroatoms. The van der Waals surface area contributed by atoms with Gasteiger partial charge in [-0.3, -0.25) is 9.59 Å². The molecule has 2 aromatic carbocycles. The fraction of sp³-hybridized carbons (Fsp3) is 0.174. The highest BCUT2D eigenvalue weighted by molar-refractivity contribution is 7.14. The highest BCUT2D eigenvalue weighted by atomic mass is 32.1. The Hall–Kier alpha value is -3.45. The van der Waals surface area contributed by atoms with Crippen molar-refractivity contribution < 1.29 is 14.3 Å². The van der Waals surface area contributed by atoms with E-state index in [1.165, 1.54) is 11.3 Å². The molecular formula is C23H21N3O3S. The fourth-order valence-corrected chi connectivity index (χ4v) is 3.97. The average molecular weight is 420 g/mol. The smallest absolute Gasteiger partial charge is 0.265 e. The number of amides is 2. The van der Waals surface area contributed by atoms with E-state index in [0.29, 0.717) is 36.0 Å². The highest BCUT2D eigenvalue weighted by Gasteiger charge is 2.25. The van der Waals surface area contributed by atoms with Gasteiger partial charge < -0.3 is 15.0 Å². The maximum absolute atomic E-state index is 12.3. The number of benzene rings is 2. The number of carbonyl (C=O) groups is 2. The largest absolute Gasteiger partial charge is 0.482 e. The number of hydrogen-bond acceptors (Lipinski definition) is 5. The Balaban J connectivity index is 1.45. The minimum atomic E-state index is -0.107. The molecule has 0 aliphatic carbocycles. The molecule has 0 bridgehead atoms. The van der Waals surface area contributed by atoms with Crippen LogP contribution in [-0.2, 0) is 16.0 Å². The Bertz CT molecular complexity index is 1080. The van der Waals surface area contributed by atoms with E-state index in [9.17, 15) is 9.59 Å². The van der Waals surface area contributed by atoms with Crippen molar-refractivity contribution in [3.63, 3.8) is 0 Å². The van der Waals surface area contributed by atoms with Gasteiger partial charge >= 0.3 is 0 Å². The molecule has 0 atom stereocenters. The number of ether oxygens (including phenoxy) is 1. The van der Waals surface area contributed by atoms with Gasteiger partial charge in [-0.2, -0.15) is 0 Å². The molecule has 0 fully saturated rings. The van der Waals surface area contributed by atoms with Crippen LogP contribution in [-0.4, -0.2) is 29.9 Å². The van der Waals surface area contributed by atoms with Crippen LogP contribution in [0.25, 0.3) is 11.3 Å². The number of nitrogens with one attached hydrogen (secondary N) is 1. The maximum Gasteiger partial charge on any atom is 0.265 e. The third-order valence-corrected chi connectivity index (χ3v) is 5.50. The molecule has 0 spiro atoms. The second-order valence-electron chi connectivity index (χ2n) is 6.84. The van der Waals surface area contributed by atoms with Crippen LogP contribution < -0.4 is 15.0 Å². The summed E-state index contributed by atoms with van der Waals surface area (Å²) in [7, 11) is 0. The first-order chi connectivity index (χ1) is 14.6. The summed E-state index contributed by atoms with van der Waals surface area (Å²) in [6, 6.07) is 15.5. The molecule has 6 nitrogen and oxygen atoms in total. The molecule has 1 aliphatic rings. The molecule has 2 amide bonds. The molecular weight excluding hydrogens is 398 g/mol. The molecule has 3 aromatic rings. The van der Waals surface area contributed by atoms with Crippen LogP contribution in [0.1, 0.15) is 12.0 Å². The monoisotopic (exact) mass is 419 g/mol. The minimum Gasteiger partial charge on any atom is -0.482 e. The zero-order valence-electron chi connectivity index (χ0n) is 16.3. The van der Waals surface area contributed by atoms with Gasteiger partial charge in [-0.1, -0.05) is 36.4 Å². The van der Waals surface area contributed by atoms with Crippen molar-refractivity contribution in [1.82, 2.24) is 4.98 Å². The van der Waals surface area contributed by atoms with Gasteiger partial charge in [0.15, 0.2) is 11.7 Å². The quantitative estimate of drug-likeness (QED) is 0.580. The molecule has 0 saturated heterocycles. The van der Waals surface area contributed by atoms with Gasteiger partial charge in [0.25, 0.3) is 5.91 Å². The van der Waals surface area contributed by atoms with Gasteiger partial charge in [-0.25, -0.2) is 4.98 Å². The molecule has 2 heterocycles. The third kappa shape index (κ3) is 4.41. The predicted molar refractivity (Wildman–Crippen MR) is 119 cm³/mol. The van der Waals surface area contributed by atoms with Crippen LogP contribution in [0.3, 0.4) is 0 Å². The summed E-state index contributed by atoms with van der Waals surface area (Å²) < 4.78 is 5.52. The Labute approximate surface area is 178 Å². The first kappa shape index (κ1) is 19.8. The van der Waals surface area contributed by atoms with Gasteiger partial charge in [0, 0.05) is 23.9 Å². The highest BCUT2D eigenvalue weighted by Crippen LogP contribution is 2.36. The third-order valence-electron chi connectivity index (χ3n) is 4.74. The Kier molecular flexibility index (Phi) is 5.90. The number of thiazole rings is 1. The molecule has 152 valence electrons. The summed E-state index contributed by atoms with van der Waals surface area (Å²) in [6.45, 7) is 4.16. The topological polar surface area (TPSA) is 71.5 Å². The predicted octanol–water partition coefficient (Wildman–Crippen LogP) is 4.29. The lowest BCUT2D eigenvalue weighted by Gasteiger charge is -2.28.